The van der Waals surface area contributed by atoms with Gasteiger partial charge in [0, 0.05) is 28.2 Å². The van der Waals surface area contributed by atoms with Gasteiger partial charge in [0.2, 0.25) is 11.8 Å². The van der Waals surface area contributed by atoms with Gasteiger partial charge in [0.1, 0.15) is 6.04 Å². The van der Waals surface area contributed by atoms with Crippen LogP contribution in [0.4, 0.5) is 0 Å². The van der Waals surface area contributed by atoms with Crippen LogP contribution >= 0.6 is 23.2 Å². The van der Waals surface area contributed by atoms with Crippen molar-refractivity contribution in [3.8, 4) is 0 Å². The Morgan fingerprint density at radius 2 is 1.60 bits per heavy atom. The number of amides is 2. The quantitative estimate of drug-likeness (QED) is 0.580. The summed E-state index contributed by atoms with van der Waals surface area (Å²) in [5.74, 6) is -0.343. The molecular weight excluding hydrogens is 419 g/mol. The van der Waals surface area contributed by atoms with Gasteiger partial charge in [-0.15, -0.1) is 0 Å². The van der Waals surface area contributed by atoms with Gasteiger partial charge in [0.15, 0.2) is 0 Å². The highest BCUT2D eigenvalue weighted by Crippen LogP contribution is 2.27. The Kier molecular flexibility index (Phi) is 8.75. The fraction of sp³-hybridized carbons (Fsp3) is 0.417. The Morgan fingerprint density at radius 1 is 1.03 bits per heavy atom. The number of hydrogen-bond acceptors (Lipinski definition) is 2. The summed E-state index contributed by atoms with van der Waals surface area (Å²) < 4.78 is 0. The van der Waals surface area contributed by atoms with Gasteiger partial charge in [-0.25, -0.2) is 0 Å². The number of hydrogen-bond donors (Lipinski definition) is 1. The van der Waals surface area contributed by atoms with E-state index in [1.165, 1.54) is 0 Å². The first kappa shape index (κ1) is 24.2. The molecule has 0 aliphatic rings. The summed E-state index contributed by atoms with van der Waals surface area (Å²) in [6, 6.07) is 10.7. The number of aryl methyl sites for hydroxylation is 2. The van der Waals surface area contributed by atoms with Crippen LogP contribution in [0.1, 0.15) is 49.4 Å². The van der Waals surface area contributed by atoms with Crippen molar-refractivity contribution >= 4 is 35.0 Å². The zero-order chi connectivity index (χ0) is 22.4. The van der Waals surface area contributed by atoms with Crippen LogP contribution in [0.2, 0.25) is 10.0 Å². The monoisotopic (exact) mass is 448 g/mol. The molecule has 0 bridgehead atoms. The molecule has 30 heavy (non-hydrogen) atoms. The Labute approximate surface area is 189 Å². The van der Waals surface area contributed by atoms with Gasteiger partial charge < -0.3 is 10.2 Å². The van der Waals surface area contributed by atoms with Crippen LogP contribution in [0, 0.1) is 13.8 Å². The van der Waals surface area contributed by atoms with Crippen LogP contribution in [0.25, 0.3) is 0 Å². The van der Waals surface area contributed by atoms with Gasteiger partial charge in [0.25, 0.3) is 0 Å². The third-order valence-electron chi connectivity index (χ3n) is 5.20. The first-order valence-electron chi connectivity index (χ1n) is 10.2. The van der Waals surface area contributed by atoms with Gasteiger partial charge in [0.05, 0.1) is 6.42 Å². The number of carbonyl (C=O) groups is 2. The summed E-state index contributed by atoms with van der Waals surface area (Å²) >= 11 is 12.7. The van der Waals surface area contributed by atoms with Crippen LogP contribution in [-0.4, -0.2) is 28.8 Å². The molecule has 0 heterocycles. The molecule has 0 spiro atoms. The Balaban J connectivity index is 2.33. The molecule has 0 saturated carbocycles. The van der Waals surface area contributed by atoms with Crippen molar-refractivity contribution in [1.82, 2.24) is 10.2 Å². The zero-order valence-electron chi connectivity index (χ0n) is 18.3. The molecule has 4 nitrogen and oxygen atoms in total. The van der Waals surface area contributed by atoms with Crippen molar-refractivity contribution in [2.45, 2.75) is 66.1 Å². The molecule has 0 fully saturated rings. The highest BCUT2D eigenvalue weighted by Gasteiger charge is 2.28. The summed E-state index contributed by atoms with van der Waals surface area (Å²) in [5.41, 5.74) is 3.75. The van der Waals surface area contributed by atoms with E-state index in [0.717, 1.165) is 23.1 Å². The van der Waals surface area contributed by atoms with Crippen molar-refractivity contribution in [3.63, 3.8) is 0 Å². The molecule has 0 saturated heterocycles. The van der Waals surface area contributed by atoms with Gasteiger partial charge in [-0.05, 0) is 51.8 Å². The lowest BCUT2D eigenvalue weighted by Gasteiger charge is -2.30. The molecule has 2 aromatic carbocycles. The molecule has 0 radical (unpaired) electrons. The average molecular weight is 449 g/mol. The molecule has 1 N–H and O–H groups in total. The van der Waals surface area contributed by atoms with Crippen molar-refractivity contribution in [3.05, 3.63) is 68.7 Å². The van der Waals surface area contributed by atoms with E-state index < -0.39 is 6.04 Å². The van der Waals surface area contributed by atoms with Crippen LogP contribution in [0.3, 0.4) is 0 Å². The molecule has 2 rings (SSSR count). The summed E-state index contributed by atoms with van der Waals surface area (Å²) in [6.45, 7) is 9.85. The second kappa shape index (κ2) is 10.8. The second-order valence-corrected chi connectivity index (χ2v) is 8.70. The minimum absolute atomic E-state index is 0.0280. The van der Waals surface area contributed by atoms with Crippen molar-refractivity contribution in [2.24, 2.45) is 0 Å². The minimum Gasteiger partial charge on any atom is -0.352 e. The number of halogens is 2. The lowest BCUT2D eigenvalue weighted by Crippen LogP contribution is -2.50. The van der Waals surface area contributed by atoms with Crippen LogP contribution in [0.15, 0.2) is 36.4 Å². The second-order valence-electron chi connectivity index (χ2n) is 7.89. The standard InChI is InChI=1S/C24H30Cl2N2O2/c1-6-17(4)27-24(30)18(5)28(14-20-21(25)8-7-9-22(20)26)23(29)13-19-11-15(2)10-16(3)12-19/h7-12,17-18H,6,13-14H2,1-5H3,(H,27,30)/t17-,18-/m0/s1. The fourth-order valence-corrected chi connectivity index (χ4v) is 3.87. The smallest absolute Gasteiger partial charge is 0.242 e. The summed E-state index contributed by atoms with van der Waals surface area (Å²) in [5, 5.41) is 3.91. The number of benzene rings is 2. The van der Waals surface area contributed by atoms with Gasteiger partial charge in [-0.2, -0.15) is 0 Å². The van der Waals surface area contributed by atoms with Crippen LogP contribution < -0.4 is 5.32 Å². The number of nitrogens with one attached hydrogen (secondary N) is 1. The lowest BCUT2D eigenvalue weighted by atomic mass is 10.0. The lowest BCUT2D eigenvalue weighted by molar-refractivity contribution is -0.140. The largest absolute Gasteiger partial charge is 0.352 e. The topological polar surface area (TPSA) is 49.4 Å². The van der Waals surface area contributed by atoms with E-state index >= 15 is 0 Å². The highest BCUT2D eigenvalue weighted by molar-refractivity contribution is 6.36. The Bertz CT molecular complexity index is 874. The van der Waals surface area contributed by atoms with Crippen LogP contribution in [-0.2, 0) is 22.6 Å². The third kappa shape index (κ3) is 6.48. The Morgan fingerprint density at radius 3 is 2.13 bits per heavy atom. The molecule has 2 aromatic rings. The van der Waals surface area contributed by atoms with E-state index in [1.807, 2.05) is 39.8 Å². The van der Waals surface area contributed by atoms with Crippen molar-refractivity contribution in [1.29, 1.82) is 0 Å². The number of nitrogens with zero attached hydrogens (tertiary/aromatic N) is 1. The summed E-state index contributed by atoms with van der Waals surface area (Å²) in [4.78, 5) is 27.7. The van der Waals surface area contributed by atoms with Gasteiger partial charge in [-0.1, -0.05) is 65.5 Å². The SMILES string of the molecule is CC[C@H](C)NC(=O)[C@H](C)N(Cc1c(Cl)cccc1Cl)C(=O)Cc1cc(C)cc(C)c1. The molecule has 0 aliphatic carbocycles. The zero-order valence-corrected chi connectivity index (χ0v) is 19.8. The molecular formula is C24H30Cl2N2O2. The predicted molar refractivity (Wildman–Crippen MR) is 124 cm³/mol. The van der Waals surface area contributed by atoms with E-state index in [1.54, 1.807) is 30.0 Å². The van der Waals surface area contributed by atoms with Crippen LogP contribution in [0.5, 0.6) is 0 Å². The molecule has 0 unspecified atom stereocenters. The maximum atomic E-state index is 13.3. The first-order chi connectivity index (χ1) is 14.1. The van der Waals surface area contributed by atoms with Gasteiger partial charge >= 0.3 is 0 Å². The number of carbonyl (C=O) groups excluding carboxylic acids is 2. The van der Waals surface area contributed by atoms with E-state index in [9.17, 15) is 9.59 Å². The van der Waals surface area contributed by atoms with E-state index in [2.05, 4.69) is 11.4 Å². The molecule has 162 valence electrons. The Hall–Kier alpha value is -2.04. The van der Waals surface area contributed by atoms with E-state index in [0.29, 0.717) is 15.6 Å². The summed E-state index contributed by atoms with van der Waals surface area (Å²) in [7, 11) is 0. The molecule has 0 aliphatic heterocycles. The fourth-order valence-electron chi connectivity index (χ4n) is 3.35. The van der Waals surface area contributed by atoms with Gasteiger partial charge in [-0.3, -0.25) is 9.59 Å². The molecule has 0 aromatic heterocycles. The van der Waals surface area contributed by atoms with Crippen molar-refractivity contribution in [2.75, 3.05) is 0 Å². The third-order valence-corrected chi connectivity index (χ3v) is 5.90. The molecule has 2 amide bonds. The molecule has 2 atom stereocenters. The first-order valence-corrected chi connectivity index (χ1v) is 11.0. The normalized spacial score (nSPS) is 12.9. The van der Waals surface area contributed by atoms with E-state index in [4.69, 9.17) is 23.2 Å². The average Bonchev–Trinajstić information content (AvgIpc) is 2.66. The maximum Gasteiger partial charge on any atom is 0.242 e. The van der Waals surface area contributed by atoms with E-state index in [-0.39, 0.29) is 30.8 Å². The summed E-state index contributed by atoms with van der Waals surface area (Å²) in [6.07, 6.45) is 1.01. The predicted octanol–water partition coefficient (Wildman–Crippen LogP) is 5.48. The molecule has 6 heteroatoms. The minimum atomic E-state index is -0.662. The van der Waals surface area contributed by atoms with Crippen molar-refractivity contribution < 1.29 is 9.59 Å². The number of rotatable bonds is 8. The highest BCUT2D eigenvalue weighted by atomic mass is 35.5. The maximum absolute atomic E-state index is 13.3.